The van der Waals surface area contributed by atoms with E-state index in [2.05, 4.69) is 72.5 Å². The molecule has 28 heavy (non-hydrogen) atoms. The summed E-state index contributed by atoms with van der Waals surface area (Å²) in [5, 5.41) is 15.7. The average molecular weight is 445 g/mol. The average Bonchev–Trinajstić information content (AvgIpc) is 3.45. The summed E-state index contributed by atoms with van der Waals surface area (Å²) in [6.07, 6.45) is 7.15. The van der Waals surface area contributed by atoms with Crippen LogP contribution in [0.15, 0.2) is 33.7 Å². The third-order valence-electron chi connectivity index (χ3n) is 5.79. The minimum Gasteiger partial charge on any atom is -0.357 e. The molecule has 1 aromatic heterocycles. The number of guanidine groups is 1. The molecule has 150 valence electrons. The van der Waals surface area contributed by atoms with Gasteiger partial charge in [-0.3, -0.25) is 0 Å². The number of nitrogens with one attached hydrogen (secondary N) is 2. The summed E-state index contributed by atoms with van der Waals surface area (Å²) in [6.45, 7) is 5.41. The summed E-state index contributed by atoms with van der Waals surface area (Å²) in [4.78, 5) is 4.80. The molecule has 1 aliphatic heterocycles. The number of hydrogen-bond acceptors (Lipinski definition) is 3. The number of aryl methyl sites for hydroxylation is 1. The molecule has 2 heterocycles. The number of rotatable bonds is 6. The lowest BCUT2D eigenvalue weighted by Gasteiger charge is -2.19. The summed E-state index contributed by atoms with van der Waals surface area (Å²) in [7, 11) is 0. The molecular weight excluding hydrogens is 416 g/mol. The number of nitrogens with zero attached hydrogens (tertiary/aromatic N) is 4. The molecule has 7 heteroatoms. The zero-order chi connectivity index (χ0) is 19.4. The Kier molecular flexibility index (Phi) is 5.99. The number of aromatic nitrogens is 3. The summed E-state index contributed by atoms with van der Waals surface area (Å²) in [6, 6.07) is 8.68. The molecule has 4 rings (SSSR count). The number of fused-ring (bicyclic) bond motifs is 1. The molecule has 0 unspecified atom stereocenters. The Morgan fingerprint density at radius 3 is 2.89 bits per heavy atom. The molecule has 2 aliphatic rings. The van der Waals surface area contributed by atoms with Crippen molar-refractivity contribution in [2.24, 2.45) is 4.99 Å². The van der Waals surface area contributed by atoms with Gasteiger partial charge in [0.25, 0.3) is 0 Å². The van der Waals surface area contributed by atoms with Crippen molar-refractivity contribution in [3.63, 3.8) is 0 Å². The molecule has 2 N–H and O–H groups in total. The Morgan fingerprint density at radius 2 is 2.11 bits per heavy atom. The van der Waals surface area contributed by atoms with Crippen LogP contribution >= 0.6 is 15.9 Å². The van der Waals surface area contributed by atoms with Crippen molar-refractivity contribution in [2.45, 2.75) is 64.0 Å². The second-order valence-corrected chi connectivity index (χ2v) is 8.75. The van der Waals surface area contributed by atoms with Gasteiger partial charge in [0, 0.05) is 35.9 Å². The van der Waals surface area contributed by atoms with Crippen LogP contribution in [0.1, 0.15) is 56.2 Å². The van der Waals surface area contributed by atoms with Crippen molar-refractivity contribution in [3.05, 3.63) is 46.0 Å². The summed E-state index contributed by atoms with van der Waals surface area (Å²) in [5.41, 5.74) is 1.62. The fourth-order valence-corrected chi connectivity index (χ4v) is 4.34. The number of hydrogen-bond donors (Lipinski definition) is 2. The monoisotopic (exact) mass is 444 g/mol. The van der Waals surface area contributed by atoms with Crippen molar-refractivity contribution >= 4 is 21.9 Å². The Morgan fingerprint density at radius 1 is 1.21 bits per heavy atom. The topological polar surface area (TPSA) is 67.1 Å². The number of halogens is 1. The molecule has 1 fully saturated rings. The van der Waals surface area contributed by atoms with E-state index in [1.807, 2.05) is 0 Å². The molecular formula is C21H29BrN6. The van der Waals surface area contributed by atoms with Gasteiger partial charge < -0.3 is 15.2 Å². The molecule has 0 radical (unpaired) electrons. The third-order valence-corrected chi connectivity index (χ3v) is 6.29. The second kappa shape index (κ2) is 8.64. The van der Waals surface area contributed by atoms with Crippen molar-refractivity contribution < 1.29 is 0 Å². The van der Waals surface area contributed by atoms with Crippen molar-refractivity contribution in [1.29, 1.82) is 0 Å². The van der Waals surface area contributed by atoms with Crippen LogP contribution in [0.5, 0.6) is 0 Å². The summed E-state index contributed by atoms with van der Waals surface area (Å²) >= 11 is 3.60. The van der Waals surface area contributed by atoms with Gasteiger partial charge in [0.15, 0.2) is 11.8 Å². The SMILES string of the molecule is CCNC(=NCc1nnc2n1CCCCC2)NCC1(c2cccc(Br)c2)CC1. The Bertz CT molecular complexity index is 839. The molecule has 1 aliphatic carbocycles. The summed E-state index contributed by atoms with van der Waals surface area (Å²) < 4.78 is 3.41. The lowest BCUT2D eigenvalue weighted by atomic mass is 9.96. The van der Waals surface area contributed by atoms with E-state index in [9.17, 15) is 0 Å². The van der Waals surface area contributed by atoms with Gasteiger partial charge in [0.2, 0.25) is 0 Å². The predicted molar refractivity (Wildman–Crippen MR) is 115 cm³/mol. The fourth-order valence-electron chi connectivity index (χ4n) is 3.94. The van der Waals surface area contributed by atoms with E-state index in [1.165, 1.54) is 37.7 Å². The first-order valence-corrected chi connectivity index (χ1v) is 11.2. The van der Waals surface area contributed by atoms with Crippen LogP contribution in [0.4, 0.5) is 0 Å². The zero-order valence-corrected chi connectivity index (χ0v) is 18.1. The fraction of sp³-hybridized carbons (Fsp3) is 0.571. The van der Waals surface area contributed by atoms with Crippen LogP contribution < -0.4 is 10.6 Å². The molecule has 2 aromatic rings. The largest absolute Gasteiger partial charge is 0.357 e. The van der Waals surface area contributed by atoms with Crippen LogP contribution in [0.2, 0.25) is 0 Å². The number of aliphatic imine (C=N–C) groups is 1. The predicted octanol–water partition coefficient (Wildman–Crippen LogP) is 3.55. The van der Waals surface area contributed by atoms with Gasteiger partial charge in [0.05, 0.1) is 0 Å². The lowest BCUT2D eigenvalue weighted by molar-refractivity contribution is 0.604. The van der Waals surface area contributed by atoms with Gasteiger partial charge in [-0.25, -0.2) is 4.99 Å². The van der Waals surface area contributed by atoms with Crippen LogP contribution in [-0.4, -0.2) is 33.8 Å². The van der Waals surface area contributed by atoms with Gasteiger partial charge in [-0.1, -0.05) is 34.5 Å². The Hall–Kier alpha value is -1.89. The van der Waals surface area contributed by atoms with Gasteiger partial charge >= 0.3 is 0 Å². The van der Waals surface area contributed by atoms with E-state index in [1.54, 1.807) is 0 Å². The van der Waals surface area contributed by atoms with E-state index < -0.39 is 0 Å². The maximum atomic E-state index is 4.80. The first-order valence-electron chi connectivity index (χ1n) is 10.4. The minimum absolute atomic E-state index is 0.228. The normalized spacial score (nSPS) is 18.3. The van der Waals surface area contributed by atoms with Gasteiger partial charge in [-0.15, -0.1) is 10.2 Å². The van der Waals surface area contributed by atoms with Gasteiger partial charge in [-0.2, -0.15) is 0 Å². The van der Waals surface area contributed by atoms with E-state index in [0.29, 0.717) is 6.54 Å². The van der Waals surface area contributed by atoms with Crippen molar-refractivity contribution in [2.75, 3.05) is 13.1 Å². The highest BCUT2D eigenvalue weighted by atomic mass is 79.9. The van der Waals surface area contributed by atoms with Crippen LogP contribution in [-0.2, 0) is 24.9 Å². The highest BCUT2D eigenvalue weighted by Crippen LogP contribution is 2.48. The Labute approximate surface area is 175 Å². The highest BCUT2D eigenvalue weighted by Gasteiger charge is 2.44. The van der Waals surface area contributed by atoms with Crippen LogP contribution in [0, 0.1) is 0 Å². The van der Waals surface area contributed by atoms with Crippen molar-refractivity contribution in [1.82, 2.24) is 25.4 Å². The first kappa shape index (κ1) is 19.4. The van der Waals surface area contributed by atoms with Crippen LogP contribution in [0.3, 0.4) is 0 Å². The van der Waals surface area contributed by atoms with Crippen molar-refractivity contribution in [3.8, 4) is 0 Å². The molecule has 1 aromatic carbocycles. The molecule has 0 atom stereocenters. The second-order valence-electron chi connectivity index (χ2n) is 7.83. The van der Waals surface area contributed by atoms with Gasteiger partial charge in [0.1, 0.15) is 12.4 Å². The smallest absolute Gasteiger partial charge is 0.191 e. The number of benzene rings is 1. The molecule has 0 amide bonds. The lowest BCUT2D eigenvalue weighted by Crippen LogP contribution is -2.41. The zero-order valence-electron chi connectivity index (χ0n) is 16.5. The van der Waals surface area contributed by atoms with E-state index in [-0.39, 0.29) is 5.41 Å². The third kappa shape index (κ3) is 4.40. The Balaban J connectivity index is 1.42. The summed E-state index contributed by atoms with van der Waals surface area (Å²) in [5.74, 6) is 2.95. The quantitative estimate of drug-likeness (QED) is 0.527. The van der Waals surface area contributed by atoms with Crippen LogP contribution in [0.25, 0.3) is 0 Å². The van der Waals surface area contributed by atoms with E-state index in [0.717, 1.165) is 48.1 Å². The molecule has 6 nitrogen and oxygen atoms in total. The molecule has 1 saturated carbocycles. The van der Waals surface area contributed by atoms with E-state index in [4.69, 9.17) is 4.99 Å². The van der Waals surface area contributed by atoms with E-state index >= 15 is 0 Å². The maximum absolute atomic E-state index is 4.80. The molecule has 0 bridgehead atoms. The molecule has 0 saturated heterocycles. The first-order chi connectivity index (χ1) is 13.7. The standard InChI is InChI=1S/C21H29BrN6/c1-2-23-20(24-14-19-27-26-18-9-4-3-5-12-28(18)19)25-15-21(10-11-21)16-7-6-8-17(22)13-16/h6-8,13H,2-5,9-12,14-15H2,1H3,(H2,23,24,25). The molecule has 0 spiro atoms. The highest BCUT2D eigenvalue weighted by molar-refractivity contribution is 9.10. The van der Waals surface area contributed by atoms with Gasteiger partial charge in [-0.05, 0) is 50.3 Å². The maximum Gasteiger partial charge on any atom is 0.191 e. The minimum atomic E-state index is 0.228.